The third-order valence-corrected chi connectivity index (χ3v) is 6.77. The Bertz CT molecular complexity index is 1220. The summed E-state index contributed by atoms with van der Waals surface area (Å²) in [6.07, 6.45) is 0.394. The second-order valence-corrected chi connectivity index (χ2v) is 8.49. The molecule has 2 aromatic heterocycles. The number of nitrogens with one attached hydrogen (secondary N) is 1. The van der Waals surface area contributed by atoms with E-state index in [9.17, 15) is 26.0 Å². The van der Waals surface area contributed by atoms with Gasteiger partial charge in [-0.1, -0.05) is 6.08 Å². The Kier molecular flexibility index (Phi) is 4.70. The number of hydrogen-bond donors (Lipinski definition) is 1. The molecule has 1 aliphatic rings. The highest BCUT2D eigenvalue weighted by Gasteiger charge is 2.39. The fourth-order valence-corrected chi connectivity index (χ4v) is 5.02. The van der Waals surface area contributed by atoms with Crippen molar-refractivity contribution in [3.63, 3.8) is 0 Å². The van der Waals surface area contributed by atoms with E-state index in [0.717, 1.165) is 20.8 Å². The Balaban J connectivity index is 1.67. The fraction of sp³-hybridized carbons (Fsp3) is 0.211. The number of aromatic nitrogens is 2. The van der Waals surface area contributed by atoms with Crippen LogP contribution >= 0.6 is 0 Å². The maximum absolute atomic E-state index is 13.3. The van der Waals surface area contributed by atoms with Crippen molar-refractivity contribution in [1.29, 1.82) is 0 Å². The van der Waals surface area contributed by atoms with E-state index in [-0.39, 0.29) is 19.2 Å². The van der Waals surface area contributed by atoms with Crippen LogP contribution in [0.2, 0.25) is 0 Å². The molecule has 152 valence electrons. The predicted octanol–water partition coefficient (Wildman–Crippen LogP) is 4.20. The molecule has 10 heteroatoms. The minimum absolute atomic E-state index is 0.0110. The van der Waals surface area contributed by atoms with E-state index >= 15 is 0 Å². The lowest BCUT2D eigenvalue weighted by molar-refractivity contribution is -0.140. The number of rotatable bonds is 3. The summed E-state index contributed by atoms with van der Waals surface area (Å²) in [6.45, 7) is -0.0718. The van der Waals surface area contributed by atoms with Gasteiger partial charge in [-0.15, -0.1) is 0 Å². The normalized spacial score (nSPS) is 16.2. The maximum atomic E-state index is 13.3. The van der Waals surface area contributed by atoms with Crippen LogP contribution in [0.15, 0.2) is 53.7 Å². The molecule has 0 fully saturated rings. The summed E-state index contributed by atoms with van der Waals surface area (Å²) in [5.74, 6) is -1.15. The molecule has 0 saturated carbocycles. The van der Waals surface area contributed by atoms with Gasteiger partial charge in [0.1, 0.15) is 11.5 Å². The first-order chi connectivity index (χ1) is 13.7. The maximum Gasteiger partial charge on any atom is 0.417 e. The SMILES string of the molecule is O=S(=O)(c1ccc(F)cc1C(F)(F)F)N1CC=C(c2ccnc3[nH]ccc23)CC1. The van der Waals surface area contributed by atoms with Crippen LogP contribution in [-0.4, -0.2) is 35.8 Å². The van der Waals surface area contributed by atoms with Crippen molar-refractivity contribution in [1.82, 2.24) is 14.3 Å². The van der Waals surface area contributed by atoms with Gasteiger partial charge in [0.05, 0.1) is 10.5 Å². The molecule has 5 nitrogen and oxygen atoms in total. The number of halogens is 4. The average molecular weight is 425 g/mol. The van der Waals surface area contributed by atoms with Gasteiger partial charge in [-0.25, -0.2) is 17.8 Å². The Hall–Kier alpha value is -2.72. The zero-order valence-electron chi connectivity index (χ0n) is 14.9. The quantitative estimate of drug-likeness (QED) is 0.640. The molecule has 0 bridgehead atoms. The summed E-state index contributed by atoms with van der Waals surface area (Å²) >= 11 is 0. The van der Waals surface area contributed by atoms with Crippen LogP contribution in [0.4, 0.5) is 17.6 Å². The van der Waals surface area contributed by atoms with Gasteiger partial charge >= 0.3 is 6.18 Å². The average Bonchev–Trinajstić information content (AvgIpc) is 3.16. The number of benzene rings is 1. The van der Waals surface area contributed by atoms with E-state index < -0.39 is 32.5 Å². The summed E-state index contributed by atoms with van der Waals surface area (Å²) in [4.78, 5) is 6.26. The predicted molar refractivity (Wildman–Crippen MR) is 98.8 cm³/mol. The Morgan fingerprint density at radius 1 is 1.14 bits per heavy atom. The highest BCUT2D eigenvalue weighted by molar-refractivity contribution is 7.89. The molecule has 0 amide bonds. The molecule has 0 aliphatic carbocycles. The minimum atomic E-state index is -4.99. The van der Waals surface area contributed by atoms with Crippen molar-refractivity contribution in [3.8, 4) is 0 Å². The molecule has 3 heterocycles. The molecular formula is C19H15F4N3O2S. The standard InChI is InChI=1S/C19H15F4N3O2S/c20-13-1-2-17(16(11-13)19(21,22)23)29(27,28)26-9-5-12(6-10-26)14-3-7-24-18-15(14)4-8-25-18/h1-5,7-8,11H,6,9-10H2,(H,24,25). The van der Waals surface area contributed by atoms with Gasteiger partial charge in [-0.3, -0.25) is 0 Å². The first kappa shape index (κ1) is 19.6. The lowest BCUT2D eigenvalue weighted by Gasteiger charge is -2.27. The van der Waals surface area contributed by atoms with Crippen LogP contribution < -0.4 is 0 Å². The van der Waals surface area contributed by atoms with Crippen LogP contribution in [0, 0.1) is 5.82 Å². The molecule has 1 aliphatic heterocycles. The number of sulfonamides is 1. The van der Waals surface area contributed by atoms with E-state index in [4.69, 9.17) is 0 Å². The highest BCUT2D eigenvalue weighted by atomic mass is 32.2. The summed E-state index contributed by atoms with van der Waals surface area (Å²) in [5, 5.41) is 0.882. The van der Waals surface area contributed by atoms with Crippen LogP contribution in [0.5, 0.6) is 0 Å². The molecule has 0 radical (unpaired) electrons. The monoisotopic (exact) mass is 425 g/mol. The molecule has 0 spiro atoms. The van der Waals surface area contributed by atoms with E-state index in [1.165, 1.54) is 0 Å². The molecule has 1 aromatic carbocycles. The number of aromatic amines is 1. The van der Waals surface area contributed by atoms with Crippen molar-refractivity contribution in [2.75, 3.05) is 13.1 Å². The first-order valence-corrected chi connectivity index (χ1v) is 10.1. The van der Waals surface area contributed by atoms with Crippen LogP contribution in [0.1, 0.15) is 17.5 Å². The number of H-pyrrole nitrogens is 1. The van der Waals surface area contributed by atoms with Gasteiger partial charge in [0, 0.05) is 30.9 Å². The van der Waals surface area contributed by atoms with Crippen molar-refractivity contribution in [2.45, 2.75) is 17.5 Å². The first-order valence-electron chi connectivity index (χ1n) is 8.66. The number of pyridine rings is 1. The van der Waals surface area contributed by atoms with Gasteiger partial charge in [0.15, 0.2) is 0 Å². The van der Waals surface area contributed by atoms with Crippen LogP contribution in [0.25, 0.3) is 16.6 Å². The summed E-state index contributed by atoms with van der Waals surface area (Å²) in [5.41, 5.74) is 0.972. The largest absolute Gasteiger partial charge is 0.417 e. The third-order valence-electron chi connectivity index (χ3n) is 4.84. The Morgan fingerprint density at radius 2 is 1.93 bits per heavy atom. The number of nitrogens with zero attached hydrogens (tertiary/aromatic N) is 2. The minimum Gasteiger partial charge on any atom is -0.346 e. The van der Waals surface area contributed by atoms with E-state index in [1.807, 2.05) is 12.1 Å². The summed E-state index contributed by atoms with van der Waals surface area (Å²) < 4.78 is 79.7. The van der Waals surface area contributed by atoms with Crippen molar-refractivity contribution in [3.05, 3.63) is 65.7 Å². The van der Waals surface area contributed by atoms with E-state index in [1.54, 1.807) is 18.5 Å². The van der Waals surface area contributed by atoms with Gasteiger partial charge in [-0.05, 0) is 47.9 Å². The molecule has 0 atom stereocenters. The van der Waals surface area contributed by atoms with Crippen LogP contribution in [0.3, 0.4) is 0 Å². The number of hydrogen-bond acceptors (Lipinski definition) is 3. The lowest BCUT2D eigenvalue weighted by atomic mass is 9.99. The van der Waals surface area contributed by atoms with Crippen molar-refractivity contribution < 1.29 is 26.0 Å². The van der Waals surface area contributed by atoms with Crippen LogP contribution in [-0.2, 0) is 16.2 Å². The topological polar surface area (TPSA) is 66.1 Å². The molecule has 1 N–H and O–H groups in total. The molecule has 3 aromatic rings. The molecular weight excluding hydrogens is 410 g/mol. The van der Waals surface area contributed by atoms with Gasteiger partial charge in [0.2, 0.25) is 10.0 Å². The number of alkyl halides is 3. The van der Waals surface area contributed by atoms with Crippen molar-refractivity contribution in [2.24, 2.45) is 0 Å². The fourth-order valence-electron chi connectivity index (χ4n) is 3.44. The zero-order chi connectivity index (χ0) is 20.8. The molecule has 0 unspecified atom stereocenters. The molecule has 4 rings (SSSR count). The molecule has 0 saturated heterocycles. The number of fused-ring (bicyclic) bond motifs is 1. The highest BCUT2D eigenvalue weighted by Crippen LogP contribution is 2.37. The molecule has 29 heavy (non-hydrogen) atoms. The Morgan fingerprint density at radius 3 is 2.62 bits per heavy atom. The zero-order valence-corrected chi connectivity index (χ0v) is 15.7. The van der Waals surface area contributed by atoms with E-state index in [0.29, 0.717) is 24.2 Å². The van der Waals surface area contributed by atoms with E-state index in [2.05, 4.69) is 9.97 Å². The van der Waals surface area contributed by atoms with Crippen molar-refractivity contribution >= 4 is 26.6 Å². The smallest absolute Gasteiger partial charge is 0.346 e. The lowest BCUT2D eigenvalue weighted by Crippen LogP contribution is -2.35. The van der Waals surface area contributed by atoms with Gasteiger partial charge in [-0.2, -0.15) is 17.5 Å². The second-order valence-electron chi connectivity index (χ2n) is 6.58. The van der Waals surface area contributed by atoms with Gasteiger partial charge in [0.25, 0.3) is 0 Å². The summed E-state index contributed by atoms with van der Waals surface area (Å²) in [7, 11) is -4.45. The summed E-state index contributed by atoms with van der Waals surface area (Å²) in [6, 6.07) is 5.26. The van der Waals surface area contributed by atoms with Gasteiger partial charge < -0.3 is 4.98 Å². The third kappa shape index (κ3) is 3.53. The second kappa shape index (κ2) is 6.96. The Labute approximate surface area is 163 Å².